The molecule has 0 aliphatic heterocycles. The van der Waals surface area contributed by atoms with E-state index in [2.05, 4.69) is 57.5 Å². The van der Waals surface area contributed by atoms with Crippen LogP contribution in [0.4, 0.5) is 0 Å². The van der Waals surface area contributed by atoms with Crippen molar-refractivity contribution < 1.29 is 0 Å². The number of hydrogen-bond acceptors (Lipinski definition) is 3. The van der Waals surface area contributed by atoms with Crippen molar-refractivity contribution >= 4 is 27.1 Å². The summed E-state index contributed by atoms with van der Waals surface area (Å²) in [4.78, 5) is 9.51. The lowest BCUT2D eigenvalue weighted by atomic mass is 10.2. The van der Waals surface area contributed by atoms with Crippen LogP contribution in [0, 0.1) is 18.3 Å². The minimum atomic E-state index is 0.603. The van der Waals surface area contributed by atoms with Crippen molar-refractivity contribution in [2.45, 2.75) is 39.7 Å². The van der Waals surface area contributed by atoms with Crippen LogP contribution in [0.3, 0.4) is 0 Å². The van der Waals surface area contributed by atoms with Crippen molar-refractivity contribution in [2.75, 3.05) is 0 Å². The van der Waals surface area contributed by atoms with Gasteiger partial charge in [0, 0.05) is 18.3 Å². The first kappa shape index (κ1) is 19.4. The Morgan fingerprint density at radius 1 is 1.10 bits per heavy atom. The Bertz CT molecular complexity index is 1190. The first-order valence-electron chi connectivity index (χ1n) is 9.79. The van der Waals surface area contributed by atoms with Crippen molar-refractivity contribution in [3.8, 4) is 11.8 Å². The molecule has 1 aromatic carbocycles. The quantitative estimate of drug-likeness (QED) is 0.388. The fraction of sp³-hybridized carbons (Fsp3) is 0.261. The molecule has 0 amide bonds. The number of pyridine rings is 1. The van der Waals surface area contributed by atoms with Gasteiger partial charge in [-0.15, -0.1) is 0 Å². The lowest BCUT2D eigenvalue weighted by Crippen LogP contribution is -2.06. The molecular weight excluding hydrogens is 426 g/mol. The molecule has 0 radical (unpaired) electrons. The minimum absolute atomic E-state index is 0.603. The molecule has 0 aliphatic rings. The first-order valence-corrected chi connectivity index (χ1v) is 10.6. The maximum Gasteiger partial charge on any atom is 0.160 e. The number of imidazole rings is 1. The fourth-order valence-electron chi connectivity index (χ4n) is 3.57. The summed E-state index contributed by atoms with van der Waals surface area (Å²) in [5.41, 5.74) is 5.83. The summed E-state index contributed by atoms with van der Waals surface area (Å²) >= 11 is 3.52. The van der Waals surface area contributed by atoms with Crippen LogP contribution in [-0.2, 0) is 13.0 Å². The van der Waals surface area contributed by atoms with E-state index in [0.717, 1.165) is 58.6 Å². The molecule has 4 aromatic rings. The van der Waals surface area contributed by atoms with E-state index in [1.165, 1.54) is 5.56 Å². The Hall–Kier alpha value is -2.91. The number of aryl methyl sites for hydroxylation is 2. The highest BCUT2D eigenvalue weighted by Crippen LogP contribution is 2.24. The smallest absolute Gasteiger partial charge is 0.160 e. The van der Waals surface area contributed by atoms with E-state index in [9.17, 15) is 5.26 Å². The van der Waals surface area contributed by atoms with Crippen LogP contribution < -0.4 is 0 Å². The van der Waals surface area contributed by atoms with Gasteiger partial charge in [0.05, 0.1) is 11.1 Å². The van der Waals surface area contributed by atoms with Crippen LogP contribution in [-0.4, -0.2) is 19.1 Å². The van der Waals surface area contributed by atoms with E-state index in [1.54, 1.807) is 0 Å². The highest BCUT2D eigenvalue weighted by molar-refractivity contribution is 9.10. The van der Waals surface area contributed by atoms with Crippen molar-refractivity contribution in [1.82, 2.24) is 19.1 Å². The summed E-state index contributed by atoms with van der Waals surface area (Å²) in [7, 11) is 0. The largest absolute Gasteiger partial charge is 0.308 e. The molecule has 0 spiro atoms. The molecule has 3 aromatic heterocycles. The summed E-state index contributed by atoms with van der Waals surface area (Å²) in [5, 5.41) is 9.33. The second kappa shape index (κ2) is 8.22. The predicted molar refractivity (Wildman–Crippen MR) is 118 cm³/mol. The van der Waals surface area contributed by atoms with Crippen LogP contribution >= 0.6 is 15.9 Å². The molecule has 3 heterocycles. The van der Waals surface area contributed by atoms with E-state index in [1.807, 2.05) is 41.1 Å². The van der Waals surface area contributed by atoms with Gasteiger partial charge in [-0.3, -0.25) is 4.57 Å². The summed E-state index contributed by atoms with van der Waals surface area (Å²) in [5.74, 6) is 1.09. The maximum atomic E-state index is 9.33. The summed E-state index contributed by atoms with van der Waals surface area (Å²) < 4.78 is 5.00. The Balaban J connectivity index is 1.69. The van der Waals surface area contributed by atoms with Crippen LogP contribution in [0.5, 0.6) is 0 Å². The molecular formula is C23H22BrN5. The zero-order chi connectivity index (χ0) is 20.4. The standard InChI is InChI=1S/C23H22BrN5/c1-3-4-5-21-27-22-16(2)12-13-26-23(22)28(21)15-17-6-8-18(9-7-17)29-19(14-25)10-11-20(29)24/h6-13H,3-5,15H2,1-2H3. The van der Waals surface area contributed by atoms with Crippen molar-refractivity contribution in [3.05, 3.63) is 75.9 Å². The third kappa shape index (κ3) is 3.70. The summed E-state index contributed by atoms with van der Waals surface area (Å²) in [6, 6.07) is 16.2. The number of halogens is 1. The van der Waals surface area contributed by atoms with Crippen molar-refractivity contribution in [2.24, 2.45) is 0 Å². The van der Waals surface area contributed by atoms with Gasteiger partial charge < -0.3 is 4.57 Å². The second-order valence-electron chi connectivity index (χ2n) is 7.17. The van der Waals surface area contributed by atoms with Gasteiger partial charge in [0.25, 0.3) is 0 Å². The Labute approximate surface area is 178 Å². The van der Waals surface area contributed by atoms with E-state index in [4.69, 9.17) is 4.98 Å². The molecule has 0 unspecified atom stereocenters. The Kier molecular flexibility index (Phi) is 5.50. The monoisotopic (exact) mass is 447 g/mol. The first-order chi connectivity index (χ1) is 14.1. The normalized spacial score (nSPS) is 11.1. The Morgan fingerprint density at radius 2 is 1.90 bits per heavy atom. The molecule has 0 aliphatic carbocycles. The summed E-state index contributed by atoms with van der Waals surface area (Å²) in [6.45, 7) is 5.01. The third-order valence-electron chi connectivity index (χ3n) is 5.15. The number of nitriles is 1. The van der Waals surface area contributed by atoms with Gasteiger partial charge in [-0.25, -0.2) is 9.97 Å². The van der Waals surface area contributed by atoms with Gasteiger partial charge in [-0.05, 0) is 70.7 Å². The van der Waals surface area contributed by atoms with Crippen LogP contribution in [0.15, 0.2) is 53.3 Å². The minimum Gasteiger partial charge on any atom is -0.308 e. The molecule has 0 bridgehead atoms. The van der Waals surface area contributed by atoms with Crippen molar-refractivity contribution in [1.29, 1.82) is 5.26 Å². The van der Waals surface area contributed by atoms with Crippen molar-refractivity contribution in [3.63, 3.8) is 0 Å². The molecule has 6 heteroatoms. The average Bonchev–Trinajstić information content (AvgIpc) is 3.28. The molecule has 0 saturated carbocycles. The molecule has 0 fully saturated rings. The third-order valence-corrected chi connectivity index (χ3v) is 5.77. The molecule has 29 heavy (non-hydrogen) atoms. The number of hydrogen-bond donors (Lipinski definition) is 0. The lowest BCUT2D eigenvalue weighted by Gasteiger charge is -2.11. The molecule has 0 N–H and O–H groups in total. The maximum absolute atomic E-state index is 9.33. The number of nitrogens with zero attached hydrogens (tertiary/aromatic N) is 5. The van der Waals surface area contributed by atoms with Gasteiger partial charge >= 0.3 is 0 Å². The van der Waals surface area contributed by atoms with E-state index < -0.39 is 0 Å². The molecule has 0 atom stereocenters. The van der Waals surface area contributed by atoms with Crippen LogP contribution in [0.1, 0.15) is 42.4 Å². The number of benzene rings is 1. The zero-order valence-corrected chi connectivity index (χ0v) is 18.1. The number of rotatable bonds is 6. The molecule has 5 nitrogen and oxygen atoms in total. The molecule has 146 valence electrons. The molecule has 0 saturated heterocycles. The fourth-order valence-corrected chi connectivity index (χ4v) is 4.10. The predicted octanol–water partition coefficient (Wildman–Crippen LogP) is 5.56. The van der Waals surface area contributed by atoms with Gasteiger partial charge in [0.1, 0.15) is 23.1 Å². The molecule has 4 rings (SSSR count). The number of unbranched alkanes of at least 4 members (excludes halogenated alkanes) is 1. The van der Waals surface area contributed by atoms with E-state index >= 15 is 0 Å². The highest BCUT2D eigenvalue weighted by atomic mass is 79.9. The van der Waals surface area contributed by atoms with Gasteiger partial charge in [-0.2, -0.15) is 5.26 Å². The second-order valence-corrected chi connectivity index (χ2v) is 7.99. The van der Waals surface area contributed by atoms with E-state index in [-0.39, 0.29) is 0 Å². The van der Waals surface area contributed by atoms with Crippen LogP contribution in [0.2, 0.25) is 0 Å². The SMILES string of the molecule is CCCCc1nc2c(C)ccnc2n1Cc1ccc(-n2c(Br)ccc2C#N)cc1. The Morgan fingerprint density at radius 3 is 2.62 bits per heavy atom. The topological polar surface area (TPSA) is 59.4 Å². The number of aromatic nitrogens is 4. The van der Waals surface area contributed by atoms with Gasteiger partial charge in [-0.1, -0.05) is 25.5 Å². The highest BCUT2D eigenvalue weighted by Gasteiger charge is 2.14. The van der Waals surface area contributed by atoms with Gasteiger partial charge in [0.2, 0.25) is 0 Å². The number of fused-ring (bicyclic) bond motifs is 1. The van der Waals surface area contributed by atoms with Gasteiger partial charge in [0.15, 0.2) is 5.65 Å². The van der Waals surface area contributed by atoms with E-state index in [0.29, 0.717) is 5.69 Å². The average molecular weight is 448 g/mol. The van der Waals surface area contributed by atoms with Crippen LogP contribution in [0.25, 0.3) is 16.9 Å². The zero-order valence-electron chi connectivity index (χ0n) is 16.6. The summed E-state index contributed by atoms with van der Waals surface area (Å²) in [6.07, 6.45) is 5.05. The lowest BCUT2D eigenvalue weighted by molar-refractivity contribution is 0.686.